The molecule has 6 nitrogen and oxygen atoms in total. The Bertz CT molecular complexity index is 876. The van der Waals surface area contributed by atoms with Gasteiger partial charge in [0.25, 0.3) is 5.91 Å². The molecule has 2 rings (SSSR count). The van der Waals surface area contributed by atoms with E-state index in [1.165, 1.54) is 12.0 Å². The van der Waals surface area contributed by atoms with Gasteiger partial charge in [-0.3, -0.25) is 9.59 Å². The lowest BCUT2D eigenvalue weighted by molar-refractivity contribution is -0.142. The Balaban J connectivity index is 2.19. The van der Waals surface area contributed by atoms with Crippen molar-refractivity contribution < 1.29 is 19.1 Å². The van der Waals surface area contributed by atoms with Crippen molar-refractivity contribution in [2.75, 3.05) is 20.3 Å². The van der Waals surface area contributed by atoms with Crippen molar-refractivity contribution in [3.63, 3.8) is 0 Å². The molecule has 0 aliphatic rings. The van der Waals surface area contributed by atoms with E-state index in [9.17, 15) is 9.59 Å². The van der Waals surface area contributed by atoms with E-state index in [1.807, 2.05) is 13.0 Å². The van der Waals surface area contributed by atoms with Gasteiger partial charge in [0.15, 0.2) is 18.1 Å². The maximum atomic E-state index is 13.0. The Morgan fingerprint density at radius 3 is 2.43 bits per heavy atom. The van der Waals surface area contributed by atoms with Crippen LogP contribution in [0.4, 0.5) is 0 Å². The first-order valence-corrected chi connectivity index (χ1v) is 10.4. The Labute approximate surface area is 187 Å². The van der Waals surface area contributed by atoms with Gasteiger partial charge >= 0.3 is 0 Å². The van der Waals surface area contributed by atoms with E-state index in [1.54, 1.807) is 43.3 Å². The van der Waals surface area contributed by atoms with Gasteiger partial charge in [-0.2, -0.15) is 0 Å². The molecular formula is C22H26Cl2N2O4. The quantitative estimate of drug-likeness (QED) is 0.582. The minimum atomic E-state index is -0.695. The molecule has 0 fully saturated rings. The highest BCUT2D eigenvalue weighted by Gasteiger charge is 2.26. The highest BCUT2D eigenvalue weighted by molar-refractivity contribution is 6.42. The van der Waals surface area contributed by atoms with Crippen LogP contribution in [-0.2, 0) is 16.1 Å². The number of hydrogen-bond donors (Lipinski definition) is 1. The van der Waals surface area contributed by atoms with Crippen molar-refractivity contribution in [1.82, 2.24) is 10.2 Å². The summed E-state index contributed by atoms with van der Waals surface area (Å²) in [6.45, 7) is 4.13. The van der Waals surface area contributed by atoms with Crippen LogP contribution in [0.1, 0.15) is 25.8 Å². The summed E-state index contributed by atoms with van der Waals surface area (Å²) >= 11 is 12.1. The fourth-order valence-electron chi connectivity index (χ4n) is 2.77. The summed E-state index contributed by atoms with van der Waals surface area (Å²) in [5.41, 5.74) is 0.755. The van der Waals surface area contributed by atoms with Crippen molar-refractivity contribution in [2.45, 2.75) is 32.9 Å². The highest BCUT2D eigenvalue weighted by atomic mass is 35.5. The number of benzene rings is 2. The summed E-state index contributed by atoms with van der Waals surface area (Å²) in [5, 5.41) is 3.63. The summed E-state index contributed by atoms with van der Waals surface area (Å²) in [6, 6.07) is 11.5. The van der Waals surface area contributed by atoms with Gasteiger partial charge in [-0.1, -0.05) is 48.3 Å². The molecule has 2 amide bonds. The zero-order valence-corrected chi connectivity index (χ0v) is 18.8. The SMILES string of the molecule is CCCNC(=O)C(C)N(Cc1ccc(Cl)c(Cl)c1)C(=O)COc1ccccc1OC. The van der Waals surface area contributed by atoms with Gasteiger partial charge in [0.1, 0.15) is 6.04 Å². The number of nitrogens with one attached hydrogen (secondary N) is 1. The topological polar surface area (TPSA) is 67.9 Å². The highest BCUT2D eigenvalue weighted by Crippen LogP contribution is 2.26. The van der Waals surface area contributed by atoms with Crippen LogP contribution in [0.15, 0.2) is 42.5 Å². The normalized spacial score (nSPS) is 11.5. The minimum Gasteiger partial charge on any atom is -0.493 e. The number of amides is 2. The molecule has 1 atom stereocenters. The zero-order valence-electron chi connectivity index (χ0n) is 17.3. The van der Waals surface area contributed by atoms with Gasteiger partial charge in [-0.25, -0.2) is 0 Å². The van der Waals surface area contributed by atoms with Gasteiger partial charge < -0.3 is 19.7 Å². The van der Waals surface area contributed by atoms with Crippen LogP contribution in [0, 0.1) is 0 Å². The molecule has 30 heavy (non-hydrogen) atoms. The van der Waals surface area contributed by atoms with Gasteiger partial charge in [0.2, 0.25) is 5.91 Å². The molecule has 0 aromatic heterocycles. The van der Waals surface area contributed by atoms with Crippen molar-refractivity contribution in [3.8, 4) is 11.5 Å². The van der Waals surface area contributed by atoms with E-state index in [4.69, 9.17) is 32.7 Å². The first kappa shape index (κ1) is 23.8. The van der Waals surface area contributed by atoms with Crippen LogP contribution in [0.5, 0.6) is 11.5 Å². The van der Waals surface area contributed by atoms with Crippen molar-refractivity contribution in [3.05, 3.63) is 58.1 Å². The molecule has 0 spiro atoms. The Kier molecular flexibility index (Phi) is 9.27. The first-order chi connectivity index (χ1) is 14.4. The summed E-state index contributed by atoms with van der Waals surface area (Å²) in [7, 11) is 1.53. The van der Waals surface area contributed by atoms with Gasteiger partial charge in [-0.15, -0.1) is 0 Å². The largest absolute Gasteiger partial charge is 0.493 e. The maximum Gasteiger partial charge on any atom is 0.261 e. The molecule has 0 radical (unpaired) electrons. The smallest absolute Gasteiger partial charge is 0.261 e. The number of methoxy groups -OCH3 is 1. The lowest BCUT2D eigenvalue weighted by Gasteiger charge is -2.29. The van der Waals surface area contributed by atoms with Crippen molar-refractivity contribution in [2.24, 2.45) is 0 Å². The van der Waals surface area contributed by atoms with Crippen LogP contribution in [0.3, 0.4) is 0 Å². The number of rotatable bonds is 10. The van der Waals surface area contributed by atoms with E-state index >= 15 is 0 Å². The molecule has 1 unspecified atom stereocenters. The molecule has 2 aromatic carbocycles. The molecule has 8 heteroatoms. The fraction of sp³-hybridized carbons (Fsp3) is 0.364. The van der Waals surface area contributed by atoms with Crippen molar-refractivity contribution >= 4 is 35.0 Å². The van der Waals surface area contributed by atoms with E-state index in [0.717, 1.165) is 12.0 Å². The summed E-state index contributed by atoms with van der Waals surface area (Å²) < 4.78 is 10.9. The second-order valence-corrected chi connectivity index (χ2v) is 7.49. The van der Waals surface area contributed by atoms with Crippen molar-refractivity contribution in [1.29, 1.82) is 0 Å². The molecular weight excluding hydrogens is 427 g/mol. The fourth-order valence-corrected chi connectivity index (χ4v) is 3.09. The predicted octanol–water partition coefficient (Wildman–Crippen LogP) is 4.32. The third kappa shape index (κ3) is 6.54. The first-order valence-electron chi connectivity index (χ1n) is 9.64. The van der Waals surface area contributed by atoms with Crippen LogP contribution in [0.2, 0.25) is 10.0 Å². The van der Waals surface area contributed by atoms with E-state index in [2.05, 4.69) is 5.32 Å². The second kappa shape index (κ2) is 11.7. The molecule has 0 bridgehead atoms. The number of para-hydroxylation sites is 2. The lowest BCUT2D eigenvalue weighted by Crippen LogP contribution is -2.49. The number of halogens is 2. The molecule has 1 N–H and O–H groups in total. The third-order valence-electron chi connectivity index (χ3n) is 4.47. The van der Waals surface area contributed by atoms with Crippen LogP contribution >= 0.6 is 23.2 Å². The number of carbonyl (C=O) groups is 2. The number of nitrogens with zero attached hydrogens (tertiary/aromatic N) is 1. The molecule has 0 heterocycles. The Morgan fingerprint density at radius 1 is 1.10 bits per heavy atom. The van der Waals surface area contributed by atoms with E-state index in [-0.39, 0.29) is 25.0 Å². The molecule has 0 aliphatic carbocycles. The number of hydrogen-bond acceptors (Lipinski definition) is 4. The second-order valence-electron chi connectivity index (χ2n) is 6.68. The van der Waals surface area contributed by atoms with E-state index in [0.29, 0.717) is 28.1 Å². The van der Waals surface area contributed by atoms with Gasteiger partial charge in [0.05, 0.1) is 17.2 Å². The Morgan fingerprint density at radius 2 is 1.80 bits per heavy atom. The zero-order chi connectivity index (χ0) is 22.1. The van der Waals surface area contributed by atoms with Crippen LogP contribution in [0.25, 0.3) is 0 Å². The van der Waals surface area contributed by atoms with E-state index < -0.39 is 6.04 Å². The molecule has 162 valence electrons. The number of ether oxygens (including phenoxy) is 2. The summed E-state index contributed by atoms with van der Waals surface area (Å²) in [5.74, 6) is 0.398. The summed E-state index contributed by atoms with van der Waals surface area (Å²) in [4.78, 5) is 27.0. The third-order valence-corrected chi connectivity index (χ3v) is 5.21. The minimum absolute atomic E-state index is 0.186. The lowest BCUT2D eigenvalue weighted by atomic mass is 10.1. The van der Waals surface area contributed by atoms with Crippen LogP contribution in [-0.4, -0.2) is 43.0 Å². The average molecular weight is 453 g/mol. The average Bonchev–Trinajstić information content (AvgIpc) is 2.76. The predicted molar refractivity (Wildman–Crippen MR) is 118 cm³/mol. The molecule has 2 aromatic rings. The van der Waals surface area contributed by atoms with Gasteiger partial charge in [-0.05, 0) is 43.2 Å². The van der Waals surface area contributed by atoms with Gasteiger partial charge in [0, 0.05) is 13.1 Å². The Hall–Kier alpha value is -2.44. The van der Waals surface area contributed by atoms with Crippen LogP contribution < -0.4 is 14.8 Å². The monoisotopic (exact) mass is 452 g/mol. The maximum absolute atomic E-state index is 13.0. The molecule has 0 saturated heterocycles. The summed E-state index contributed by atoms with van der Waals surface area (Å²) in [6.07, 6.45) is 0.802. The number of carbonyl (C=O) groups excluding carboxylic acids is 2. The standard InChI is InChI=1S/C22H26Cl2N2O4/c1-4-11-25-22(28)15(2)26(13-16-9-10-17(23)18(24)12-16)21(27)14-30-20-8-6-5-7-19(20)29-3/h5-10,12,15H,4,11,13-14H2,1-3H3,(H,25,28). The molecule has 0 aliphatic heterocycles. The molecule has 0 saturated carbocycles.